The summed E-state index contributed by atoms with van der Waals surface area (Å²) in [6, 6.07) is 10.3. The fraction of sp³-hybridized carbons (Fsp3) is 0.522. The number of sulfonamides is 1. The van der Waals surface area contributed by atoms with Gasteiger partial charge in [-0.25, -0.2) is 13.4 Å². The van der Waals surface area contributed by atoms with Crippen molar-refractivity contribution in [3.8, 4) is 0 Å². The minimum atomic E-state index is -3.46. The van der Waals surface area contributed by atoms with E-state index in [1.807, 2.05) is 32.0 Å². The van der Waals surface area contributed by atoms with E-state index in [4.69, 9.17) is 5.73 Å². The van der Waals surface area contributed by atoms with Crippen LogP contribution in [0.25, 0.3) is 0 Å². The second-order valence-electron chi connectivity index (χ2n) is 8.11. The molecule has 0 spiro atoms. The average molecular weight is 546 g/mol. The van der Waals surface area contributed by atoms with E-state index in [0.717, 1.165) is 17.6 Å². The van der Waals surface area contributed by atoms with Gasteiger partial charge in [0.1, 0.15) is 5.69 Å². The molecule has 0 saturated carbocycles. The Labute approximate surface area is 217 Å². The Morgan fingerprint density at radius 3 is 2.25 bits per heavy atom. The van der Waals surface area contributed by atoms with Gasteiger partial charge in [0, 0.05) is 32.1 Å². The average Bonchev–Trinajstić information content (AvgIpc) is 3.25. The number of anilines is 1. The molecule has 0 radical (unpaired) electrons. The zero-order valence-electron chi connectivity index (χ0n) is 21.5. The second-order valence-corrected chi connectivity index (χ2v) is 10.7. The zero-order valence-corrected chi connectivity index (χ0v) is 23.1. The molecule has 0 fully saturated rings. The lowest BCUT2D eigenvalue weighted by Gasteiger charge is -2.12. The SMILES string of the molecule is CC(C)CNC(=O)CC(O)CNC(=O)c1csc(NS(C)(=O)=O)n1.COCCN.Cc1ccccc1. The highest BCUT2D eigenvalue weighted by Gasteiger charge is 2.16. The van der Waals surface area contributed by atoms with E-state index in [9.17, 15) is 23.1 Å². The number of rotatable bonds is 11. The quantitative estimate of drug-likeness (QED) is 0.281. The molecule has 1 heterocycles. The molecule has 6 N–H and O–H groups in total. The number of hydrogen-bond donors (Lipinski definition) is 5. The lowest BCUT2D eigenvalue weighted by molar-refractivity contribution is -0.123. The number of carbonyl (C=O) groups excluding carboxylic acids is 2. The largest absolute Gasteiger partial charge is 0.391 e. The van der Waals surface area contributed by atoms with Crippen LogP contribution >= 0.6 is 11.3 Å². The first kappa shape index (κ1) is 33.4. The first-order chi connectivity index (χ1) is 16.9. The molecule has 1 aromatic carbocycles. The number of nitrogens with one attached hydrogen (secondary N) is 3. The van der Waals surface area contributed by atoms with Crippen molar-refractivity contribution in [3.05, 3.63) is 47.0 Å². The number of methoxy groups -OCH3 is 1. The van der Waals surface area contributed by atoms with Crippen LogP contribution in [0.1, 0.15) is 36.3 Å². The molecule has 0 bridgehead atoms. The van der Waals surface area contributed by atoms with Gasteiger partial charge in [0.2, 0.25) is 15.9 Å². The van der Waals surface area contributed by atoms with Crippen LogP contribution in [0.2, 0.25) is 0 Å². The number of benzene rings is 1. The number of thiazole rings is 1. The molecule has 13 heteroatoms. The molecule has 1 atom stereocenters. The van der Waals surface area contributed by atoms with Gasteiger partial charge in [0.05, 0.1) is 25.4 Å². The number of aromatic nitrogens is 1. The number of hydrogen-bond acceptors (Lipinski definition) is 9. The number of nitrogens with two attached hydrogens (primary N) is 1. The van der Waals surface area contributed by atoms with Crippen molar-refractivity contribution >= 4 is 38.3 Å². The fourth-order valence-corrected chi connectivity index (χ4v) is 3.76. The van der Waals surface area contributed by atoms with Crippen molar-refractivity contribution in [2.24, 2.45) is 11.7 Å². The first-order valence-electron chi connectivity index (χ1n) is 11.2. The van der Waals surface area contributed by atoms with Crippen molar-refractivity contribution in [2.45, 2.75) is 33.3 Å². The summed E-state index contributed by atoms with van der Waals surface area (Å²) in [5.74, 6) is -0.543. The molecule has 0 saturated heterocycles. The van der Waals surface area contributed by atoms with Crippen LogP contribution in [0.4, 0.5) is 5.13 Å². The molecule has 0 aliphatic carbocycles. The maximum atomic E-state index is 11.9. The zero-order chi connectivity index (χ0) is 27.6. The maximum Gasteiger partial charge on any atom is 0.270 e. The van der Waals surface area contributed by atoms with Crippen LogP contribution in [0.15, 0.2) is 35.7 Å². The summed E-state index contributed by atoms with van der Waals surface area (Å²) in [5, 5.41) is 16.3. The van der Waals surface area contributed by atoms with Crippen LogP contribution < -0.4 is 21.1 Å². The van der Waals surface area contributed by atoms with Crippen LogP contribution in [0, 0.1) is 12.8 Å². The molecule has 2 rings (SSSR count). The Hall–Kier alpha value is -2.58. The summed E-state index contributed by atoms with van der Waals surface area (Å²) in [7, 11) is -1.83. The molecule has 36 heavy (non-hydrogen) atoms. The van der Waals surface area contributed by atoms with Crippen LogP contribution in [-0.2, 0) is 19.6 Å². The summed E-state index contributed by atoms with van der Waals surface area (Å²) >= 11 is 0.970. The van der Waals surface area contributed by atoms with Gasteiger partial charge >= 0.3 is 0 Å². The minimum Gasteiger partial charge on any atom is -0.391 e. The minimum absolute atomic E-state index is 0.0302. The van der Waals surface area contributed by atoms with E-state index >= 15 is 0 Å². The summed E-state index contributed by atoms with van der Waals surface area (Å²) in [6.45, 7) is 7.69. The molecule has 1 aromatic heterocycles. The van der Waals surface area contributed by atoms with Gasteiger partial charge in [0.15, 0.2) is 5.13 Å². The van der Waals surface area contributed by atoms with E-state index in [2.05, 4.69) is 44.1 Å². The number of amides is 2. The van der Waals surface area contributed by atoms with Crippen LogP contribution in [0.5, 0.6) is 0 Å². The van der Waals surface area contributed by atoms with E-state index in [1.165, 1.54) is 10.9 Å². The predicted octanol–water partition coefficient (Wildman–Crippen LogP) is 1.35. The molecule has 2 amide bonds. The Morgan fingerprint density at radius 1 is 1.17 bits per heavy atom. The number of aliphatic hydroxyl groups is 1. The van der Waals surface area contributed by atoms with Gasteiger partial charge in [-0.15, -0.1) is 11.3 Å². The van der Waals surface area contributed by atoms with E-state index in [1.54, 1.807) is 7.11 Å². The van der Waals surface area contributed by atoms with E-state index < -0.39 is 22.0 Å². The maximum absolute atomic E-state index is 11.9. The Bertz CT molecular complexity index is 982. The smallest absolute Gasteiger partial charge is 0.270 e. The highest BCUT2D eigenvalue weighted by Crippen LogP contribution is 2.16. The number of nitrogens with zero attached hydrogens (tertiary/aromatic N) is 1. The third kappa shape index (κ3) is 18.7. The third-order valence-corrected chi connectivity index (χ3v) is 5.35. The van der Waals surface area contributed by atoms with Gasteiger partial charge < -0.3 is 26.2 Å². The number of aryl methyl sites for hydroxylation is 1. The highest BCUT2D eigenvalue weighted by atomic mass is 32.2. The molecule has 204 valence electrons. The van der Waals surface area contributed by atoms with E-state index in [0.29, 0.717) is 25.6 Å². The van der Waals surface area contributed by atoms with Gasteiger partial charge in [-0.2, -0.15) is 0 Å². The summed E-state index contributed by atoms with van der Waals surface area (Å²) in [6.07, 6.45) is -0.159. The Balaban J connectivity index is 0.000000830. The topological polar surface area (TPSA) is 173 Å². The number of aliphatic hydroxyl groups excluding tert-OH is 1. The van der Waals surface area contributed by atoms with Gasteiger partial charge in [0.25, 0.3) is 5.91 Å². The molecule has 2 aromatic rings. The standard InChI is InChI=1S/C13H22N4O5S2.C7H8.C3H9NO/c1-8(2)5-14-11(19)4-9(18)6-15-12(20)10-7-23-13(16-10)17-24(3,21)22;1-7-5-3-2-4-6-7;1-5-3-2-4/h7-9,18H,4-6H2,1-3H3,(H,14,19)(H,15,20)(H,16,17);2-6H,1H3;2-4H2,1H3. The number of carbonyl (C=O) groups is 2. The fourth-order valence-electron chi connectivity index (χ4n) is 2.21. The first-order valence-corrected chi connectivity index (χ1v) is 14.0. The van der Waals surface area contributed by atoms with Crippen molar-refractivity contribution < 1.29 is 27.9 Å². The summed E-state index contributed by atoms with van der Waals surface area (Å²) in [5.41, 5.74) is 6.37. The van der Waals surface area contributed by atoms with Gasteiger partial charge in [-0.1, -0.05) is 49.7 Å². The van der Waals surface area contributed by atoms with Crippen molar-refractivity contribution in [2.75, 3.05) is 44.3 Å². The lowest BCUT2D eigenvalue weighted by Crippen LogP contribution is -2.36. The monoisotopic (exact) mass is 545 g/mol. The lowest BCUT2D eigenvalue weighted by atomic mass is 10.2. The van der Waals surface area contributed by atoms with Gasteiger partial charge in [-0.05, 0) is 12.8 Å². The van der Waals surface area contributed by atoms with Crippen molar-refractivity contribution in [3.63, 3.8) is 0 Å². The van der Waals surface area contributed by atoms with Gasteiger partial charge in [-0.3, -0.25) is 14.3 Å². The Morgan fingerprint density at radius 2 is 1.81 bits per heavy atom. The van der Waals surface area contributed by atoms with Crippen molar-refractivity contribution in [1.82, 2.24) is 15.6 Å². The highest BCUT2D eigenvalue weighted by molar-refractivity contribution is 7.92. The number of ether oxygens (including phenoxy) is 1. The molecule has 1 unspecified atom stereocenters. The molecular formula is C23H39N5O6S2. The van der Waals surface area contributed by atoms with Crippen molar-refractivity contribution in [1.29, 1.82) is 0 Å². The van der Waals surface area contributed by atoms with E-state index in [-0.39, 0.29) is 29.7 Å². The third-order valence-electron chi connectivity index (χ3n) is 3.90. The molecular weight excluding hydrogens is 506 g/mol. The Kier molecular flexibility index (Phi) is 17.3. The summed E-state index contributed by atoms with van der Waals surface area (Å²) < 4.78 is 28.9. The molecule has 0 aliphatic heterocycles. The molecule has 11 nitrogen and oxygen atoms in total. The normalized spacial score (nSPS) is 11.3. The van der Waals surface area contributed by atoms with Crippen LogP contribution in [0.3, 0.4) is 0 Å². The second kappa shape index (κ2) is 18.7. The molecule has 0 aliphatic rings. The predicted molar refractivity (Wildman–Crippen MR) is 143 cm³/mol. The summed E-state index contributed by atoms with van der Waals surface area (Å²) in [4.78, 5) is 27.3. The van der Waals surface area contributed by atoms with Crippen LogP contribution in [-0.4, -0.2) is 76.0 Å².